The highest BCUT2D eigenvalue weighted by Gasteiger charge is 2.42. The highest BCUT2D eigenvalue weighted by atomic mass is 35.5. The maximum Gasteiger partial charge on any atom is 0.407 e. The Bertz CT molecular complexity index is 1120. The standard InChI is InChI=1S/C27H30Cl3N3O4/c28-21-6-7-22(29)25(30)24(21)26(34)33-14-18-12-32(13-19(18)15-33)10-8-23(17-4-2-1-3-5-17)31-27(35)37-20-9-11-36-16-20/h1-7,18-20,23H,8-16H2,(H,31,35)/t18-,19?,20?,23?/m0/s1. The van der Waals surface area contributed by atoms with Gasteiger partial charge in [0, 0.05) is 39.1 Å². The molecule has 3 heterocycles. The Kier molecular flexibility index (Phi) is 8.47. The van der Waals surface area contributed by atoms with Crippen LogP contribution in [-0.4, -0.2) is 73.8 Å². The predicted molar refractivity (Wildman–Crippen MR) is 143 cm³/mol. The molecule has 3 aliphatic rings. The molecule has 3 aliphatic heterocycles. The molecule has 4 atom stereocenters. The van der Waals surface area contributed by atoms with Crippen LogP contribution in [-0.2, 0) is 9.47 Å². The molecule has 3 saturated heterocycles. The fraction of sp³-hybridized carbons (Fsp3) is 0.481. The van der Waals surface area contributed by atoms with Gasteiger partial charge in [-0.05, 0) is 36.0 Å². The number of amides is 2. The van der Waals surface area contributed by atoms with Crippen LogP contribution in [0.15, 0.2) is 42.5 Å². The molecule has 1 N–H and O–H groups in total. The molecule has 2 aromatic rings. The van der Waals surface area contributed by atoms with Crippen molar-refractivity contribution in [1.82, 2.24) is 15.1 Å². The molecular formula is C27H30Cl3N3O4. The summed E-state index contributed by atoms with van der Waals surface area (Å²) in [4.78, 5) is 30.0. The number of rotatable bonds is 7. The van der Waals surface area contributed by atoms with E-state index in [1.807, 2.05) is 35.2 Å². The molecule has 5 rings (SSSR count). The van der Waals surface area contributed by atoms with Crippen molar-refractivity contribution < 1.29 is 19.1 Å². The number of ether oxygens (including phenoxy) is 2. The van der Waals surface area contributed by atoms with Crippen LogP contribution in [0.4, 0.5) is 4.79 Å². The summed E-state index contributed by atoms with van der Waals surface area (Å²) >= 11 is 18.7. The number of likely N-dealkylation sites (tertiary alicyclic amines) is 2. The van der Waals surface area contributed by atoms with E-state index in [2.05, 4.69) is 10.2 Å². The van der Waals surface area contributed by atoms with Crippen molar-refractivity contribution in [2.24, 2.45) is 11.8 Å². The average Bonchev–Trinajstić information content (AvgIpc) is 3.62. The molecule has 3 unspecified atom stereocenters. The Balaban J connectivity index is 1.16. The van der Waals surface area contributed by atoms with E-state index in [1.54, 1.807) is 12.1 Å². The predicted octanol–water partition coefficient (Wildman–Crippen LogP) is 5.30. The van der Waals surface area contributed by atoms with Crippen molar-refractivity contribution in [2.45, 2.75) is 25.0 Å². The van der Waals surface area contributed by atoms with Gasteiger partial charge in [0.25, 0.3) is 5.91 Å². The zero-order chi connectivity index (χ0) is 25.9. The molecular weight excluding hydrogens is 537 g/mol. The molecule has 3 fully saturated rings. The molecule has 10 heteroatoms. The van der Waals surface area contributed by atoms with Crippen molar-refractivity contribution in [1.29, 1.82) is 0 Å². The van der Waals surface area contributed by atoms with E-state index in [0.29, 0.717) is 48.2 Å². The van der Waals surface area contributed by atoms with E-state index in [9.17, 15) is 9.59 Å². The summed E-state index contributed by atoms with van der Waals surface area (Å²) in [5, 5.41) is 3.90. The number of carbonyl (C=O) groups excluding carboxylic acids is 2. The van der Waals surface area contributed by atoms with Crippen molar-refractivity contribution in [3.8, 4) is 0 Å². The average molecular weight is 567 g/mol. The van der Waals surface area contributed by atoms with Gasteiger partial charge in [-0.2, -0.15) is 0 Å². The van der Waals surface area contributed by atoms with Crippen molar-refractivity contribution in [3.05, 3.63) is 68.7 Å². The van der Waals surface area contributed by atoms with E-state index in [1.165, 1.54) is 0 Å². The molecule has 0 aliphatic carbocycles. The first-order valence-corrected chi connectivity index (χ1v) is 13.8. The molecule has 0 spiro atoms. The summed E-state index contributed by atoms with van der Waals surface area (Å²) in [5.41, 5.74) is 1.33. The lowest BCUT2D eigenvalue weighted by Crippen LogP contribution is -2.36. The van der Waals surface area contributed by atoms with Gasteiger partial charge in [-0.1, -0.05) is 65.1 Å². The first-order valence-electron chi connectivity index (χ1n) is 12.6. The number of fused-ring (bicyclic) bond motifs is 1. The van der Waals surface area contributed by atoms with Gasteiger partial charge in [0.05, 0.1) is 39.9 Å². The van der Waals surface area contributed by atoms with E-state index >= 15 is 0 Å². The molecule has 2 amide bonds. The van der Waals surface area contributed by atoms with Gasteiger partial charge >= 0.3 is 6.09 Å². The highest BCUT2D eigenvalue weighted by Crippen LogP contribution is 2.36. The lowest BCUT2D eigenvalue weighted by molar-refractivity contribution is 0.0774. The molecule has 198 valence electrons. The highest BCUT2D eigenvalue weighted by molar-refractivity contribution is 6.46. The molecule has 0 saturated carbocycles. The number of alkyl carbamates (subject to hydrolysis) is 1. The van der Waals surface area contributed by atoms with Crippen molar-refractivity contribution in [2.75, 3.05) is 45.9 Å². The largest absolute Gasteiger partial charge is 0.444 e. The quantitative estimate of drug-likeness (QED) is 0.461. The molecule has 0 aromatic heterocycles. The number of carbonyl (C=O) groups is 2. The van der Waals surface area contributed by atoms with Crippen LogP contribution in [0.2, 0.25) is 15.1 Å². The maximum atomic E-state index is 13.2. The summed E-state index contributed by atoms with van der Waals surface area (Å²) < 4.78 is 10.8. The van der Waals surface area contributed by atoms with Crippen LogP contribution < -0.4 is 5.32 Å². The lowest BCUT2D eigenvalue weighted by Gasteiger charge is -2.25. The monoisotopic (exact) mass is 565 g/mol. The fourth-order valence-electron chi connectivity index (χ4n) is 5.57. The molecule has 2 aromatic carbocycles. The smallest absolute Gasteiger partial charge is 0.407 e. The Morgan fingerprint density at radius 3 is 2.38 bits per heavy atom. The zero-order valence-corrected chi connectivity index (χ0v) is 22.6. The van der Waals surface area contributed by atoms with E-state index < -0.39 is 6.09 Å². The number of hydrogen-bond donors (Lipinski definition) is 1. The second-order valence-electron chi connectivity index (χ2n) is 10.00. The van der Waals surface area contributed by atoms with Gasteiger partial charge in [-0.3, -0.25) is 4.79 Å². The molecule has 0 radical (unpaired) electrons. The lowest BCUT2D eigenvalue weighted by atomic mass is 10.0. The van der Waals surface area contributed by atoms with E-state index in [-0.39, 0.29) is 28.6 Å². The third kappa shape index (κ3) is 6.18. The zero-order valence-electron chi connectivity index (χ0n) is 20.4. The Morgan fingerprint density at radius 2 is 1.70 bits per heavy atom. The number of halogens is 3. The van der Waals surface area contributed by atoms with Crippen LogP contribution in [0.3, 0.4) is 0 Å². The number of nitrogens with zero attached hydrogens (tertiary/aromatic N) is 2. The number of benzene rings is 2. The van der Waals surface area contributed by atoms with Crippen LogP contribution in [0, 0.1) is 11.8 Å². The minimum absolute atomic E-state index is 0.151. The topological polar surface area (TPSA) is 71.1 Å². The van der Waals surface area contributed by atoms with Gasteiger partial charge in [-0.25, -0.2) is 4.79 Å². The first-order chi connectivity index (χ1) is 17.9. The third-order valence-electron chi connectivity index (χ3n) is 7.50. The fourth-order valence-corrected chi connectivity index (χ4v) is 6.26. The van der Waals surface area contributed by atoms with Gasteiger partial charge in [0.15, 0.2) is 0 Å². The van der Waals surface area contributed by atoms with Crippen LogP contribution in [0.25, 0.3) is 0 Å². The maximum absolute atomic E-state index is 13.2. The van der Waals surface area contributed by atoms with Gasteiger partial charge in [0.2, 0.25) is 0 Å². The summed E-state index contributed by atoms with van der Waals surface area (Å²) in [6, 6.07) is 13.0. The summed E-state index contributed by atoms with van der Waals surface area (Å²) in [6.07, 6.45) is 0.901. The Hall–Kier alpha value is -2.03. The van der Waals surface area contributed by atoms with Crippen LogP contribution in [0.5, 0.6) is 0 Å². The van der Waals surface area contributed by atoms with Gasteiger partial charge in [-0.15, -0.1) is 0 Å². The van der Waals surface area contributed by atoms with E-state index in [0.717, 1.165) is 38.0 Å². The minimum atomic E-state index is -0.407. The third-order valence-corrected chi connectivity index (χ3v) is 8.62. The van der Waals surface area contributed by atoms with Gasteiger partial charge in [0.1, 0.15) is 6.10 Å². The molecule has 37 heavy (non-hydrogen) atoms. The van der Waals surface area contributed by atoms with Crippen molar-refractivity contribution in [3.63, 3.8) is 0 Å². The second-order valence-corrected chi connectivity index (χ2v) is 11.2. The summed E-state index contributed by atoms with van der Waals surface area (Å²) in [5.74, 6) is 0.602. The van der Waals surface area contributed by atoms with E-state index in [4.69, 9.17) is 44.3 Å². The van der Waals surface area contributed by atoms with Crippen LogP contribution in [0.1, 0.15) is 34.8 Å². The van der Waals surface area contributed by atoms with Crippen LogP contribution >= 0.6 is 34.8 Å². The van der Waals surface area contributed by atoms with Crippen molar-refractivity contribution >= 4 is 46.8 Å². The second kappa shape index (κ2) is 11.8. The summed E-state index contributed by atoms with van der Waals surface area (Å²) in [6.45, 7) is 5.03. The normalized spacial score (nSPS) is 24.2. The number of hydrogen-bond acceptors (Lipinski definition) is 5. The van der Waals surface area contributed by atoms with Gasteiger partial charge < -0.3 is 24.6 Å². The number of nitrogens with one attached hydrogen (secondary N) is 1. The molecule has 7 nitrogen and oxygen atoms in total. The Morgan fingerprint density at radius 1 is 1.00 bits per heavy atom. The molecule has 0 bridgehead atoms. The SMILES string of the molecule is O=C(NC(CCN1CC2CN(C(=O)c3c(Cl)ccc(Cl)c3Cl)C[C@@H]2C1)c1ccccc1)OC1CCOC1. The Labute approximate surface area is 231 Å². The summed E-state index contributed by atoms with van der Waals surface area (Å²) in [7, 11) is 0. The minimum Gasteiger partial charge on any atom is -0.444 e. The first kappa shape index (κ1) is 26.6.